The Kier molecular flexibility index (Phi) is 5.19. The minimum absolute atomic E-state index is 0.510. The molecule has 2 N–H and O–H groups in total. The van der Waals surface area contributed by atoms with Crippen LogP contribution in [0.3, 0.4) is 0 Å². The van der Waals surface area contributed by atoms with Crippen LogP contribution in [0.1, 0.15) is 42.9 Å². The minimum atomic E-state index is 0.510. The number of benzene rings is 2. The predicted octanol–water partition coefficient (Wildman–Crippen LogP) is 4.24. The molecule has 106 valence electrons. The molecule has 0 amide bonds. The molecule has 0 bridgehead atoms. The summed E-state index contributed by atoms with van der Waals surface area (Å²) in [5.41, 5.74) is 9.35. The lowest BCUT2D eigenvalue weighted by molar-refractivity contribution is 0.300. The highest BCUT2D eigenvalue weighted by Gasteiger charge is 2.10. The van der Waals surface area contributed by atoms with Gasteiger partial charge in [-0.1, -0.05) is 56.3 Å². The van der Waals surface area contributed by atoms with Crippen LogP contribution in [0.15, 0.2) is 48.5 Å². The second kappa shape index (κ2) is 7.11. The number of hydrogen-bond acceptors (Lipinski definition) is 2. The number of para-hydroxylation sites is 1. The van der Waals surface area contributed by atoms with Crippen molar-refractivity contribution in [3.8, 4) is 5.75 Å². The molecule has 1 unspecified atom stereocenters. The van der Waals surface area contributed by atoms with Crippen molar-refractivity contribution >= 4 is 0 Å². The summed E-state index contributed by atoms with van der Waals surface area (Å²) < 4.78 is 6.03. The summed E-state index contributed by atoms with van der Waals surface area (Å²) in [4.78, 5) is 0. The summed E-state index contributed by atoms with van der Waals surface area (Å²) in [6.45, 7) is 5.55. The monoisotopic (exact) mass is 269 g/mol. The smallest absolute Gasteiger partial charge is 0.123 e. The van der Waals surface area contributed by atoms with Gasteiger partial charge in [0.2, 0.25) is 0 Å². The van der Waals surface area contributed by atoms with E-state index in [-0.39, 0.29) is 0 Å². The van der Waals surface area contributed by atoms with Gasteiger partial charge < -0.3 is 10.5 Å². The van der Waals surface area contributed by atoms with Gasteiger partial charge in [-0.05, 0) is 35.1 Å². The lowest BCUT2D eigenvalue weighted by atomic mass is 9.98. The Labute approximate surface area is 121 Å². The molecule has 0 fully saturated rings. The fraction of sp³-hybridized carbons (Fsp3) is 0.333. The predicted molar refractivity (Wildman–Crippen MR) is 83.8 cm³/mol. The molecule has 2 aromatic rings. The van der Waals surface area contributed by atoms with Gasteiger partial charge in [0, 0.05) is 6.54 Å². The molecule has 0 aliphatic rings. The lowest BCUT2D eigenvalue weighted by Gasteiger charge is -2.16. The molecule has 1 atom stereocenters. The van der Waals surface area contributed by atoms with Crippen LogP contribution in [-0.4, -0.2) is 0 Å². The molecule has 0 saturated heterocycles. The molecular formula is C18H23NO. The maximum absolute atomic E-state index is 6.03. The van der Waals surface area contributed by atoms with Gasteiger partial charge in [-0.2, -0.15) is 0 Å². The summed E-state index contributed by atoms with van der Waals surface area (Å²) in [6, 6.07) is 16.5. The van der Waals surface area contributed by atoms with Gasteiger partial charge in [-0.3, -0.25) is 0 Å². The van der Waals surface area contributed by atoms with Crippen LogP contribution < -0.4 is 10.5 Å². The zero-order chi connectivity index (χ0) is 14.4. The Bertz CT molecular complexity index is 551. The van der Waals surface area contributed by atoms with Crippen LogP contribution in [0.2, 0.25) is 0 Å². The Balaban J connectivity index is 2.15. The summed E-state index contributed by atoms with van der Waals surface area (Å²) >= 11 is 0. The van der Waals surface area contributed by atoms with E-state index in [1.165, 1.54) is 5.56 Å². The topological polar surface area (TPSA) is 35.2 Å². The van der Waals surface area contributed by atoms with E-state index in [1.807, 2.05) is 24.3 Å². The molecule has 0 heterocycles. The van der Waals surface area contributed by atoms with Crippen LogP contribution in [0.4, 0.5) is 0 Å². The number of ether oxygens (including phenoxy) is 1. The molecule has 0 spiro atoms. The van der Waals surface area contributed by atoms with Gasteiger partial charge >= 0.3 is 0 Å². The number of rotatable bonds is 6. The Morgan fingerprint density at radius 1 is 1.00 bits per heavy atom. The van der Waals surface area contributed by atoms with E-state index >= 15 is 0 Å². The highest BCUT2D eigenvalue weighted by molar-refractivity contribution is 5.36. The van der Waals surface area contributed by atoms with Crippen molar-refractivity contribution < 1.29 is 4.74 Å². The average Bonchev–Trinajstić information content (AvgIpc) is 2.52. The molecule has 0 aliphatic carbocycles. The third-order valence-electron chi connectivity index (χ3n) is 3.78. The first-order chi connectivity index (χ1) is 9.76. The molecular weight excluding hydrogens is 246 g/mol. The number of nitrogens with two attached hydrogens (primary N) is 1. The zero-order valence-electron chi connectivity index (χ0n) is 12.3. The van der Waals surface area contributed by atoms with E-state index in [0.717, 1.165) is 23.3 Å². The molecule has 0 aromatic heterocycles. The molecule has 2 heteroatoms. The van der Waals surface area contributed by atoms with Crippen LogP contribution >= 0.6 is 0 Å². The normalized spacial score (nSPS) is 12.2. The first-order valence-corrected chi connectivity index (χ1v) is 7.24. The van der Waals surface area contributed by atoms with Crippen molar-refractivity contribution in [2.45, 2.75) is 39.3 Å². The molecule has 0 aliphatic heterocycles. The van der Waals surface area contributed by atoms with Crippen molar-refractivity contribution in [2.24, 2.45) is 5.73 Å². The highest BCUT2D eigenvalue weighted by atomic mass is 16.5. The van der Waals surface area contributed by atoms with Gasteiger partial charge in [-0.25, -0.2) is 0 Å². The summed E-state index contributed by atoms with van der Waals surface area (Å²) in [5, 5.41) is 0. The molecule has 20 heavy (non-hydrogen) atoms. The lowest BCUT2D eigenvalue weighted by Crippen LogP contribution is -2.06. The summed E-state index contributed by atoms with van der Waals surface area (Å²) in [5.74, 6) is 1.49. The summed E-state index contributed by atoms with van der Waals surface area (Å²) in [7, 11) is 0. The fourth-order valence-electron chi connectivity index (χ4n) is 2.29. The first kappa shape index (κ1) is 14.6. The van der Waals surface area contributed by atoms with Crippen LogP contribution in [-0.2, 0) is 13.2 Å². The van der Waals surface area contributed by atoms with Gasteiger partial charge in [0.05, 0.1) is 0 Å². The maximum atomic E-state index is 6.03. The second-order valence-electron chi connectivity index (χ2n) is 5.11. The van der Waals surface area contributed by atoms with Crippen molar-refractivity contribution in [3.05, 3.63) is 65.2 Å². The van der Waals surface area contributed by atoms with Crippen LogP contribution in [0, 0.1) is 0 Å². The van der Waals surface area contributed by atoms with Gasteiger partial charge in [0.15, 0.2) is 0 Å². The van der Waals surface area contributed by atoms with Crippen molar-refractivity contribution in [3.63, 3.8) is 0 Å². The van der Waals surface area contributed by atoms with Crippen molar-refractivity contribution in [1.29, 1.82) is 0 Å². The highest BCUT2D eigenvalue weighted by Crippen LogP contribution is 2.29. The summed E-state index contributed by atoms with van der Waals surface area (Å²) in [6.07, 6.45) is 1.11. The van der Waals surface area contributed by atoms with Gasteiger partial charge in [-0.15, -0.1) is 0 Å². The van der Waals surface area contributed by atoms with E-state index in [4.69, 9.17) is 10.5 Å². The molecule has 2 nitrogen and oxygen atoms in total. The van der Waals surface area contributed by atoms with Crippen molar-refractivity contribution in [1.82, 2.24) is 0 Å². The minimum Gasteiger partial charge on any atom is -0.489 e. The van der Waals surface area contributed by atoms with Crippen LogP contribution in [0.25, 0.3) is 0 Å². The molecule has 2 rings (SSSR count). The quantitative estimate of drug-likeness (QED) is 0.851. The molecule has 2 aromatic carbocycles. The Hall–Kier alpha value is -1.80. The maximum Gasteiger partial charge on any atom is 0.123 e. The van der Waals surface area contributed by atoms with Gasteiger partial charge in [0.1, 0.15) is 12.4 Å². The first-order valence-electron chi connectivity index (χ1n) is 7.24. The fourth-order valence-corrected chi connectivity index (χ4v) is 2.29. The third-order valence-corrected chi connectivity index (χ3v) is 3.78. The van der Waals surface area contributed by atoms with E-state index in [0.29, 0.717) is 19.1 Å². The van der Waals surface area contributed by atoms with Gasteiger partial charge in [0.25, 0.3) is 0 Å². The Morgan fingerprint density at radius 3 is 2.35 bits per heavy atom. The van der Waals surface area contributed by atoms with E-state index in [9.17, 15) is 0 Å². The van der Waals surface area contributed by atoms with E-state index in [2.05, 4.69) is 38.1 Å². The van der Waals surface area contributed by atoms with Crippen LogP contribution in [0.5, 0.6) is 5.75 Å². The van der Waals surface area contributed by atoms with E-state index in [1.54, 1.807) is 0 Å². The second-order valence-corrected chi connectivity index (χ2v) is 5.11. The molecule has 0 radical (unpaired) electrons. The zero-order valence-corrected chi connectivity index (χ0v) is 12.3. The SMILES string of the molecule is CCC(C)c1ccccc1OCc1ccccc1CN. The largest absolute Gasteiger partial charge is 0.489 e. The van der Waals surface area contributed by atoms with Crippen molar-refractivity contribution in [2.75, 3.05) is 0 Å². The Morgan fingerprint density at radius 2 is 1.65 bits per heavy atom. The third kappa shape index (κ3) is 3.40. The van der Waals surface area contributed by atoms with E-state index < -0.39 is 0 Å². The molecule has 0 saturated carbocycles. The number of hydrogen-bond donors (Lipinski definition) is 1. The average molecular weight is 269 g/mol. The standard InChI is InChI=1S/C18H23NO/c1-3-14(2)17-10-6-7-11-18(17)20-13-16-9-5-4-8-15(16)12-19/h4-11,14H,3,12-13,19H2,1-2H3.